The standard InChI is InChI=1S/C9H7N5/c1-2-8(11-3-1)14-6-13-7-4-10-5-12-9(7)14/h1-6,11H. The molecule has 0 bridgehead atoms. The lowest BCUT2D eigenvalue weighted by Crippen LogP contribution is -1.93. The Morgan fingerprint density at radius 2 is 2.29 bits per heavy atom. The molecule has 0 aromatic carbocycles. The fourth-order valence-corrected chi connectivity index (χ4v) is 1.41. The van der Waals surface area contributed by atoms with Crippen molar-refractivity contribution < 1.29 is 0 Å². The normalized spacial score (nSPS) is 10.9. The molecular formula is C9H7N5. The Morgan fingerprint density at radius 1 is 1.29 bits per heavy atom. The Bertz CT molecular complexity index is 551. The van der Waals surface area contributed by atoms with E-state index in [4.69, 9.17) is 0 Å². The molecule has 1 N–H and O–H groups in total. The number of hydrogen-bond acceptors (Lipinski definition) is 3. The zero-order valence-electron chi connectivity index (χ0n) is 7.25. The van der Waals surface area contributed by atoms with E-state index in [1.807, 2.05) is 22.9 Å². The molecule has 3 aromatic heterocycles. The van der Waals surface area contributed by atoms with Crippen molar-refractivity contribution in [2.45, 2.75) is 0 Å². The Morgan fingerprint density at radius 3 is 3.14 bits per heavy atom. The maximum atomic E-state index is 4.19. The fraction of sp³-hybridized carbons (Fsp3) is 0. The average molecular weight is 185 g/mol. The van der Waals surface area contributed by atoms with E-state index < -0.39 is 0 Å². The summed E-state index contributed by atoms with van der Waals surface area (Å²) in [6.45, 7) is 0. The van der Waals surface area contributed by atoms with Crippen LogP contribution in [0.1, 0.15) is 0 Å². The zero-order valence-corrected chi connectivity index (χ0v) is 7.25. The summed E-state index contributed by atoms with van der Waals surface area (Å²) in [7, 11) is 0. The van der Waals surface area contributed by atoms with E-state index in [9.17, 15) is 0 Å². The largest absolute Gasteiger partial charge is 0.348 e. The second-order valence-electron chi connectivity index (χ2n) is 2.90. The monoisotopic (exact) mass is 185 g/mol. The SMILES string of the molecule is c1c[nH]c(-n2cnc3cncnc32)c1. The van der Waals surface area contributed by atoms with Crippen LogP contribution >= 0.6 is 0 Å². The second-order valence-corrected chi connectivity index (χ2v) is 2.90. The third-order valence-electron chi connectivity index (χ3n) is 2.05. The molecule has 0 atom stereocenters. The van der Waals surface area contributed by atoms with Gasteiger partial charge in [-0.1, -0.05) is 0 Å². The Kier molecular flexibility index (Phi) is 1.38. The van der Waals surface area contributed by atoms with E-state index in [0.717, 1.165) is 17.0 Å². The quantitative estimate of drug-likeness (QED) is 0.618. The summed E-state index contributed by atoms with van der Waals surface area (Å²) in [5.41, 5.74) is 1.60. The Balaban J connectivity index is 2.33. The molecule has 0 saturated heterocycles. The summed E-state index contributed by atoms with van der Waals surface area (Å²) >= 11 is 0. The van der Waals surface area contributed by atoms with Gasteiger partial charge in [0.15, 0.2) is 5.65 Å². The van der Waals surface area contributed by atoms with Gasteiger partial charge >= 0.3 is 0 Å². The third kappa shape index (κ3) is 0.922. The molecule has 0 aliphatic rings. The number of H-pyrrole nitrogens is 1. The molecule has 0 spiro atoms. The van der Waals surface area contributed by atoms with Gasteiger partial charge in [0.2, 0.25) is 0 Å². The summed E-state index contributed by atoms with van der Waals surface area (Å²) < 4.78 is 1.89. The molecule has 3 rings (SSSR count). The molecule has 0 saturated carbocycles. The Hall–Kier alpha value is -2.17. The lowest BCUT2D eigenvalue weighted by molar-refractivity contribution is 1.02. The minimum absolute atomic E-state index is 0.794. The van der Waals surface area contributed by atoms with Gasteiger partial charge in [0.25, 0.3) is 0 Å². The minimum Gasteiger partial charge on any atom is -0.348 e. The number of aromatic nitrogens is 5. The highest BCUT2D eigenvalue weighted by molar-refractivity contribution is 5.70. The first kappa shape index (κ1) is 7.25. The van der Waals surface area contributed by atoms with Crippen LogP contribution in [0.4, 0.5) is 0 Å². The predicted octanol–water partition coefficient (Wildman–Crippen LogP) is 1.14. The van der Waals surface area contributed by atoms with Crippen molar-refractivity contribution in [3.63, 3.8) is 0 Å². The van der Waals surface area contributed by atoms with E-state index in [1.54, 1.807) is 12.5 Å². The van der Waals surface area contributed by atoms with Crippen molar-refractivity contribution in [1.82, 2.24) is 24.5 Å². The van der Waals surface area contributed by atoms with E-state index in [2.05, 4.69) is 19.9 Å². The zero-order chi connectivity index (χ0) is 9.38. The van der Waals surface area contributed by atoms with Gasteiger partial charge < -0.3 is 4.98 Å². The van der Waals surface area contributed by atoms with Crippen molar-refractivity contribution in [1.29, 1.82) is 0 Å². The average Bonchev–Trinajstić information content (AvgIpc) is 2.85. The lowest BCUT2D eigenvalue weighted by atomic mass is 10.5. The van der Waals surface area contributed by atoms with Gasteiger partial charge in [-0.2, -0.15) is 0 Å². The van der Waals surface area contributed by atoms with Gasteiger partial charge in [0.05, 0.1) is 6.20 Å². The number of imidazole rings is 1. The summed E-state index contributed by atoms with van der Waals surface area (Å²) in [6.07, 6.45) is 6.80. The van der Waals surface area contributed by atoms with Gasteiger partial charge in [-0.25, -0.2) is 15.0 Å². The fourth-order valence-electron chi connectivity index (χ4n) is 1.41. The molecule has 3 heterocycles. The third-order valence-corrected chi connectivity index (χ3v) is 2.05. The number of fused-ring (bicyclic) bond motifs is 1. The van der Waals surface area contributed by atoms with Crippen molar-refractivity contribution in [3.8, 4) is 5.82 Å². The maximum Gasteiger partial charge on any atom is 0.168 e. The van der Waals surface area contributed by atoms with Crippen LogP contribution in [0.2, 0.25) is 0 Å². The molecule has 0 aliphatic heterocycles. The number of nitrogens with one attached hydrogen (secondary N) is 1. The molecule has 68 valence electrons. The van der Waals surface area contributed by atoms with Crippen molar-refractivity contribution in [3.05, 3.63) is 37.2 Å². The first-order chi connectivity index (χ1) is 6.95. The number of nitrogens with zero attached hydrogens (tertiary/aromatic N) is 4. The van der Waals surface area contributed by atoms with E-state index in [1.165, 1.54) is 6.33 Å². The van der Waals surface area contributed by atoms with Crippen molar-refractivity contribution >= 4 is 11.2 Å². The Labute approximate surface area is 79.5 Å². The molecule has 0 unspecified atom stereocenters. The van der Waals surface area contributed by atoms with Crippen LogP contribution in [0, 0.1) is 0 Å². The molecule has 14 heavy (non-hydrogen) atoms. The van der Waals surface area contributed by atoms with Gasteiger partial charge in [0.1, 0.15) is 24.0 Å². The molecule has 0 amide bonds. The van der Waals surface area contributed by atoms with Crippen LogP contribution in [0.3, 0.4) is 0 Å². The molecule has 0 fully saturated rings. The first-order valence-electron chi connectivity index (χ1n) is 4.22. The van der Waals surface area contributed by atoms with Crippen LogP contribution in [-0.2, 0) is 0 Å². The van der Waals surface area contributed by atoms with Gasteiger partial charge in [-0.3, -0.25) is 4.57 Å². The van der Waals surface area contributed by atoms with Crippen LogP contribution in [0.15, 0.2) is 37.2 Å². The summed E-state index contributed by atoms with van der Waals surface area (Å²) in [4.78, 5) is 15.4. The van der Waals surface area contributed by atoms with Crippen LogP contribution in [0.25, 0.3) is 17.0 Å². The summed E-state index contributed by atoms with van der Waals surface area (Å²) in [5, 5.41) is 0. The molecule has 5 nitrogen and oxygen atoms in total. The molecule has 0 aliphatic carbocycles. The molecular weight excluding hydrogens is 178 g/mol. The van der Waals surface area contributed by atoms with Crippen LogP contribution in [0.5, 0.6) is 0 Å². The topological polar surface area (TPSA) is 59.4 Å². The predicted molar refractivity (Wildman–Crippen MR) is 51.0 cm³/mol. The number of rotatable bonds is 1. The highest BCUT2D eigenvalue weighted by Crippen LogP contribution is 2.12. The number of hydrogen-bond donors (Lipinski definition) is 1. The van der Waals surface area contributed by atoms with Crippen molar-refractivity contribution in [2.24, 2.45) is 0 Å². The minimum atomic E-state index is 0.794. The molecule has 5 heteroatoms. The first-order valence-corrected chi connectivity index (χ1v) is 4.22. The molecule has 0 radical (unpaired) electrons. The van der Waals surface area contributed by atoms with Crippen LogP contribution < -0.4 is 0 Å². The smallest absolute Gasteiger partial charge is 0.168 e. The van der Waals surface area contributed by atoms with E-state index >= 15 is 0 Å². The van der Waals surface area contributed by atoms with Crippen molar-refractivity contribution in [2.75, 3.05) is 0 Å². The summed E-state index contributed by atoms with van der Waals surface area (Å²) in [6, 6.07) is 3.89. The van der Waals surface area contributed by atoms with Crippen LogP contribution in [-0.4, -0.2) is 24.5 Å². The van der Waals surface area contributed by atoms with E-state index in [-0.39, 0.29) is 0 Å². The maximum absolute atomic E-state index is 4.19. The van der Waals surface area contributed by atoms with Gasteiger partial charge in [-0.15, -0.1) is 0 Å². The van der Waals surface area contributed by atoms with E-state index in [0.29, 0.717) is 0 Å². The highest BCUT2D eigenvalue weighted by Gasteiger charge is 2.04. The molecule has 3 aromatic rings. The van der Waals surface area contributed by atoms with Gasteiger partial charge in [-0.05, 0) is 12.1 Å². The second kappa shape index (κ2) is 2.66. The number of aromatic amines is 1. The summed E-state index contributed by atoms with van der Waals surface area (Å²) in [5.74, 6) is 0.950. The van der Waals surface area contributed by atoms with Gasteiger partial charge in [0, 0.05) is 6.20 Å². The highest BCUT2D eigenvalue weighted by atomic mass is 15.2. The lowest BCUT2D eigenvalue weighted by Gasteiger charge is -1.97.